The maximum atomic E-state index is 13.6. The van der Waals surface area contributed by atoms with Gasteiger partial charge in [0, 0.05) is 50.5 Å². The Labute approximate surface area is 188 Å². The van der Waals surface area contributed by atoms with Crippen LogP contribution < -0.4 is 4.90 Å². The molecular weight excluding hydrogens is 398 g/mol. The summed E-state index contributed by atoms with van der Waals surface area (Å²) < 4.78 is 8.00. The van der Waals surface area contributed by atoms with Gasteiger partial charge in [-0.15, -0.1) is 0 Å². The number of aromatic nitrogens is 1. The number of aryl methyl sites for hydroxylation is 3. The highest BCUT2D eigenvalue weighted by Gasteiger charge is 2.27. The predicted octanol–water partition coefficient (Wildman–Crippen LogP) is 5.17. The summed E-state index contributed by atoms with van der Waals surface area (Å²) in [5.74, 6) is 0.937. The topological polar surface area (TPSA) is 41.6 Å². The van der Waals surface area contributed by atoms with E-state index in [4.69, 9.17) is 4.42 Å². The summed E-state index contributed by atoms with van der Waals surface area (Å²) in [6, 6.07) is 20.7. The van der Waals surface area contributed by atoms with Crippen LogP contribution in [0.3, 0.4) is 0 Å². The number of fused-ring (bicyclic) bond motifs is 1. The molecule has 0 bridgehead atoms. The van der Waals surface area contributed by atoms with E-state index in [1.54, 1.807) is 0 Å². The van der Waals surface area contributed by atoms with Crippen LogP contribution in [0.2, 0.25) is 0 Å². The minimum Gasteiger partial charge on any atom is -0.460 e. The number of piperazine rings is 1. The van der Waals surface area contributed by atoms with E-state index in [0.717, 1.165) is 29.9 Å². The van der Waals surface area contributed by atoms with Crippen LogP contribution >= 0.6 is 0 Å². The molecule has 1 aliphatic heterocycles. The summed E-state index contributed by atoms with van der Waals surface area (Å²) in [7, 11) is 0. The molecule has 5 rings (SSSR count). The third kappa shape index (κ3) is 3.68. The first kappa shape index (κ1) is 20.4. The molecule has 5 nitrogen and oxygen atoms in total. The third-order valence-electron chi connectivity index (χ3n) is 6.54. The van der Waals surface area contributed by atoms with E-state index in [2.05, 4.69) is 65.8 Å². The fourth-order valence-electron chi connectivity index (χ4n) is 4.70. The van der Waals surface area contributed by atoms with Crippen molar-refractivity contribution in [3.63, 3.8) is 0 Å². The number of furan rings is 1. The Bertz CT molecular complexity index is 1280. The Morgan fingerprint density at radius 3 is 2.28 bits per heavy atom. The smallest absolute Gasteiger partial charge is 0.270 e. The number of hydrogen-bond donors (Lipinski definition) is 0. The minimum absolute atomic E-state index is 0.0760. The van der Waals surface area contributed by atoms with Crippen LogP contribution in [0, 0.1) is 20.8 Å². The van der Waals surface area contributed by atoms with E-state index in [-0.39, 0.29) is 5.91 Å². The zero-order valence-corrected chi connectivity index (χ0v) is 19.0. The van der Waals surface area contributed by atoms with Gasteiger partial charge in [-0.3, -0.25) is 4.79 Å². The highest BCUT2D eigenvalue weighted by molar-refractivity contribution is 5.98. The SMILES string of the molecule is Cc1cc2c(cc(C(=O)N3CCN(c4ccccc4C)CC3)n2Cc2ccccc2C)o1. The average molecular weight is 428 g/mol. The quantitative estimate of drug-likeness (QED) is 0.451. The fourth-order valence-corrected chi connectivity index (χ4v) is 4.70. The van der Waals surface area contributed by atoms with Crippen LogP contribution in [0.15, 0.2) is 65.1 Å². The van der Waals surface area contributed by atoms with E-state index in [1.807, 2.05) is 30.0 Å². The van der Waals surface area contributed by atoms with Crippen molar-refractivity contribution in [2.75, 3.05) is 31.1 Å². The predicted molar refractivity (Wildman–Crippen MR) is 129 cm³/mol. The monoisotopic (exact) mass is 427 g/mol. The van der Waals surface area contributed by atoms with E-state index < -0.39 is 0 Å². The van der Waals surface area contributed by atoms with Crippen molar-refractivity contribution < 1.29 is 9.21 Å². The van der Waals surface area contributed by atoms with E-state index in [0.29, 0.717) is 25.3 Å². The van der Waals surface area contributed by atoms with Crippen LogP contribution in [0.4, 0.5) is 5.69 Å². The summed E-state index contributed by atoms with van der Waals surface area (Å²) >= 11 is 0. The number of para-hydroxylation sites is 1. The lowest BCUT2D eigenvalue weighted by Gasteiger charge is -2.37. The first-order valence-electron chi connectivity index (χ1n) is 11.3. The number of carbonyl (C=O) groups is 1. The van der Waals surface area contributed by atoms with E-state index >= 15 is 0 Å². The van der Waals surface area contributed by atoms with Gasteiger partial charge >= 0.3 is 0 Å². The van der Waals surface area contributed by atoms with Gasteiger partial charge < -0.3 is 18.8 Å². The van der Waals surface area contributed by atoms with Crippen molar-refractivity contribution in [2.45, 2.75) is 27.3 Å². The zero-order valence-electron chi connectivity index (χ0n) is 19.0. The molecule has 4 aromatic rings. The molecule has 2 aromatic heterocycles. The Morgan fingerprint density at radius 2 is 1.56 bits per heavy atom. The maximum absolute atomic E-state index is 13.6. The number of amides is 1. The molecule has 0 spiro atoms. The molecule has 0 radical (unpaired) electrons. The molecule has 32 heavy (non-hydrogen) atoms. The molecule has 1 fully saturated rings. The summed E-state index contributed by atoms with van der Waals surface area (Å²) in [6.07, 6.45) is 0. The first-order chi connectivity index (χ1) is 15.5. The first-order valence-corrected chi connectivity index (χ1v) is 11.3. The van der Waals surface area contributed by atoms with Crippen molar-refractivity contribution in [1.82, 2.24) is 9.47 Å². The fraction of sp³-hybridized carbons (Fsp3) is 0.296. The summed E-state index contributed by atoms with van der Waals surface area (Å²) in [5, 5.41) is 0. The Morgan fingerprint density at radius 1 is 0.875 bits per heavy atom. The molecule has 0 N–H and O–H groups in total. The van der Waals surface area contributed by atoms with Gasteiger partial charge in [0.1, 0.15) is 11.5 Å². The van der Waals surface area contributed by atoms with Gasteiger partial charge in [-0.05, 0) is 43.5 Å². The molecule has 1 amide bonds. The van der Waals surface area contributed by atoms with Crippen molar-refractivity contribution in [2.24, 2.45) is 0 Å². The molecule has 164 valence electrons. The molecule has 3 heterocycles. The van der Waals surface area contributed by atoms with Gasteiger partial charge in [0.05, 0.1) is 5.52 Å². The minimum atomic E-state index is 0.0760. The zero-order chi connectivity index (χ0) is 22.2. The molecule has 0 saturated carbocycles. The van der Waals surface area contributed by atoms with E-state index in [9.17, 15) is 4.79 Å². The molecule has 0 aliphatic carbocycles. The molecule has 0 atom stereocenters. The van der Waals surface area contributed by atoms with Gasteiger partial charge in [0.2, 0.25) is 0 Å². The summed E-state index contributed by atoms with van der Waals surface area (Å²) in [6.45, 7) is 9.95. The number of carbonyl (C=O) groups excluding carboxylic acids is 1. The standard InChI is InChI=1S/C27H29N3O2/c1-19-8-4-6-10-22(19)18-30-24-16-21(3)32-26(24)17-25(30)27(31)29-14-12-28(13-15-29)23-11-7-5-9-20(23)2/h4-11,16-17H,12-15,18H2,1-3H3. The van der Waals surface area contributed by atoms with Crippen molar-refractivity contribution in [1.29, 1.82) is 0 Å². The van der Waals surface area contributed by atoms with Crippen molar-refractivity contribution in [3.05, 3.63) is 88.8 Å². The Kier molecular flexibility index (Phi) is 5.25. The van der Waals surface area contributed by atoms with Gasteiger partial charge in [-0.2, -0.15) is 0 Å². The van der Waals surface area contributed by atoms with Crippen LogP contribution in [0.5, 0.6) is 0 Å². The second-order valence-electron chi connectivity index (χ2n) is 8.71. The number of rotatable bonds is 4. The van der Waals surface area contributed by atoms with Crippen LogP contribution in [0.1, 0.15) is 32.9 Å². The molecule has 5 heteroatoms. The van der Waals surface area contributed by atoms with Crippen LogP contribution in [-0.4, -0.2) is 41.6 Å². The molecule has 1 aliphatic rings. The highest BCUT2D eigenvalue weighted by Crippen LogP contribution is 2.27. The normalized spacial score (nSPS) is 14.3. The van der Waals surface area contributed by atoms with E-state index in [1.165, 1.54) is 22.4 Å². The third-order valence-corrected chi connectivity index (χ3v) is 6.54. The molecule has 1 saturated heterocycles. The second kappa shape index (κ2) is 8.23. The lowest BCUT2D eigenvalue weighted by atomic mass is 10.1. The molecule has 0 unspecified atom stereocenters. The number of hydrogen-bond acceptors (Lipinski definition) is 3. The largest absolute Gasteiger partial charge is 0.460 e. The van der Waals surface area contributed by atoms with Crippen LogP contribution in [-0.2, 0) is 6.54 Å². The summed E-state index contributed by atoms with van der Waals surface area (Å²) in [5.41, 5.74) is 7.42. The van der Waals surface area contributed by atoms with Crippen molar-refractivity contribution >= 4 is 22.7 Å². The van der Waals surface area contributed by atoms with Gasteiger partial charge in [0.15, 0.2) is 5.58 Å². The van der Waals surface area contributed by atoms with Gasteiger partial charge in [-0.25, -0.2) is 0 Å². The molecular formula is C27H29N3O2. The molecule has 2 aromatic carbocycles. The van der Waals surface area contributed by atoms with Gasteiger partial charge in [0.25, 0.3) is 5.91 Å². The highest BCUT2D eigenvalue weighted by atomic mass is 16.3. The average Bonchev–Trinajstić information content (AvgIpc) is 3.32. The lowest BCUT2D eigenvalue weighted by Crippen LogP contribution is -2.49. The second-order valence-corrected chi connectivity index (χ2v) is 8.71. The van der Waals surface area contributed by atoms with Crippen LogP contribution in [0.25, 0.3) is 11.1 Å². The van der Waals surface area contributed by atoms with Crippen molar-refractivity contribution in [3.8, 4) is 0 Å². The Balaban J connectivity index is 1.41. The van der Waals surface area contributed by atoms with Gasteiger partial charge in [-0.1, -0.05) is 42.5 Å². The maximum Gasteiger partial charge on any atom is 0.270 e. The Hall–Kier alpha value is -3.47. The number of nitrogens with zero attached hydrogens (tertiary/aromatic N) is 3. The number of anilines is 1. The lowest BCUT2D eigenvalue weighted by molar-refractivity contribution is 0.0736. The summed E-state index contributed by atoms with van der Waals surface area (Å²) in [4.78, 5) is 18.0. The number of benzene rings is 2.